The van der Waals surface area contributed by atoms with Gasteiger partial charge in [-0.3, -0.25) is 0 Å². The summed E-state index contributed by atoms with van der Waals surface area (Å²) in [6, 6.07) is 8.39. The monoisotopic (exact) mass is 237 g/mol. The molecule has 2 N–H and O–H groups in total. The van der Waals surface area contributed by atoms with E-state index in [1.165, 1.54) is 5.56 Å². The molecule has 0 heterocycles. The summed E-state index contributed by atoms with van der Waals surface area (Å²) >= 11 is 0. The molecule has 0 aliphatic heterocycles. The Hall–Kier alpha value is -1.06. The predicted octanol–water partition coefficient (Wildman–Crippen LogP) is 2.51. The van der Waals surface area contributed by atoms with Crippen LogP contribution >= 0.6 is 0 Å². The zero-order chi connectivity index (χ0) is 12.7. The largest absolute Gasteiger partial charge is 0.493 e. The van der Waals surface area contributed by atoms with Crippen molar-refractivity contribution in [1.29, 1.82) is 0 Å². The summed E-state index contributed by atoms with van der Waals surface area (Å²) in [5.41, 5.74) is 1.18. The first-order valence-corrected chi connectivity index (χ1v) is 6.26. The van der Waals surface area contributed by atoms with E-state index in [1.807, 2.05) is 25.2 Å². The van der Waals surface area contributed by atoms with Crippen LogP contribution in [0, 0.1) is 0 Å². The van der Waals surface area contributed by atoms with E-state index in [9.17, 15) is 5.11 Å². The molecular formula is C14H23NO2. The van der Waals surface area contributed by atoms with Crippen molar-refractivity contribution in [2.45, 2.75) is 38.8 Å². The van der Waals surface area contributed by atoms with Gasteiger partial charge >= 0.3 is 0 Å². The molecule has 0 fully saturated rings. The maximum atomic E-state index is 9.21. The molecule has 3 nitrogen and oxygen atoms in total. The summed E-state index contributed by atoms with van der Waals surface area (Å²) in [5.74, 6) is 0.911. The molecule has 0 spiro atoms. The summed E-state index contributed by atoms with van der Waals surface area (Å²) in [4.78, 5) is 0. The molecule has 0 bridgehead atoms. The SMILES string of the molecule is CCC(NC)c1ccccc1OCCC(C)O. The van der Waals surface area contributed by atoms with Gasteiger partial charge in [0.25, 0.3) is 0 Å². The zero-order valence-corrected chi connectivity index (χ0v) is 10.9. The minimum absolute atomic E-state index is 0.312. The molecule has 2 unspecified atom stereocenters. The third-order valence-corrected chi connectivity index (χ3v) is 2.84. The Bertz CT molecular complexity index is 322. The second kappa shape index (κ2) is 7.30. The maximum Gasteiger partial charge on any atom is 0.124 e. The fraction of sp³-hybridized carbons (Fsp3) is 0.571. The molecule has 0 aliphatic rings. The average molecular weight is 237 g/mol. The summed E-state index contributed by atoms with van der Waals surface area (Å²) in [6.45, 7) is 4.47. The third-order valence-electron chi connectivity index (χ3n) is 2.84. The molecule has 3 heteroatoms. The van der Waals surface area contributed by atoms with E-state index in [1.54, 1.807) is 6.92 Å². The fourth-order valence-electron chi connectivity index (χ4n) is 1.82. The van der Waals surface area contributed by atoms with Gasteiger partial charge in [0, 0.05) is 18.0 Å². The topological polar surface area (TPSA) is 41.5 Å². The molecule has 0 radical (unpaired) electrons. The van der Waals surface area contributed by atoms with Crippen molar-refractivity contribution >= 4 is 0 Å². The van der Waals surface area contributed by atoms with Crippen molar-refractivity contribution in [1.82, 2.24) is 5.32 Å². The van der Waals surface area contributed by atoms with E-state index in [0.717, 1.165) is 12.2 Å². The van der Waals surface area contributed by atoms with Crippen LogP contribution in [0.4, 0.5) is 0 Å². The van der Waals surface area contributed by atoms with Crippen LogP contribution in [0.5, 0.6) is 5.75 Å². The van der Waals surface area contributed by atoms with E-state index in [2.05, 4.69) is 18.3 Å². The lowest BCUT2D eigenvalue weighted by Crippen LogP contribution is -2.17. The lowest BCUT2D eigenvalue weighted by Gasteiger charge is -2.19. The van der Waals surface area contributed by atoms with Gasteiger partial charge in [-0.15, -0.1) is 0 Å². The molecule has 0 amide bonds. The number of rotatable bonds is 7. The quantitative estimate of drug-likeness (QED) is 0.765. The highest BCUT2D eigenvalue weighted by Crippen LogP contribution is 2.26. The minimum Gasteiger partial charge on any atom is -0.493 e. The highest BCUT2D eigenvalue weighted by molar-refractivity contribution is 5.35. The van der Waals surface area contributed by atoms with E-state index in [0.29, 0.717) is 19.1 Å². The molecule has 0 saturated carbocycles. The first kappa shape index (κ1) is 14.0. The highest BCUT2D eigenvalue weighted by atomic mass is 16.5. The number of benzene rings is 1. The lowest BCUT2D eigenvalue weighted by molar-refractivity contribution is 0.155. The Morgan fingerprint density at radius 3 is 2.65 bits per heavy atom. The Balaban J connectivity index is 2.70. The van der Waals surface area contributed by atoms with Crippen LogP contribution in [0.15, 0.2) is 24.3 Å². The van der Waals surface area contributed by atoms with Gasteiger partial charge in [-0.05, 0) is 26.5 Å². The molecular weight excluding hydrogens is 214 g/mol. The number of hydrogen-bond acceptors (Lipinski definition) is 3. The van der Waals surface area contributed by atoms with Crippen molar-refractivity contribution in [3.05, 3.63) is 29.8 Å². The Morgan fingerprint density at radius 1 is 1.35 bits per heavy atom. The van der Waals surface area contributed by atoms with Crippen LogP contribution in [0.3, 0.4) is 0 Å². The second-order valence-electron chi connectivity index (χ2n) is 4.27. The molecule has 0 saturated heterocycles. The smallest absolute Gasteiger partial charge is 0.124 e. The second-order valence-corrected chi connectivity index (χ2v) is 4.27. The van der Waals surface area contributed by atoms with Gasteiger partial charge in [-0.2, -0.15) is 0 Å². The first-order chi connectivity index (χ1) is 8.19. The van der Waals surface area contributed by atoms with E-state index < -0.39 is 0 Å². The number of aliphatic hydroxyl groups excluding tert-OH is 1. The summed E-state index contributed by atoms with van der Waals surface area (Å²) < 4.78 is 5.73. The molecule has 17 heavy (non-hydrogen) atoms. The van der Waals surface area contributed by atoms with Crippen molar-refractivity contribution in [2.75, 3.05) is 13.7 Å². The standard InChI is InChI=1S/C14H23NO2/c1-4-13(15-3)12-7-5-6-8-14(12)17-10-9-11(2)16/h5-8,11,13,15-16H,4,9-10H2,1-3H3. The van der Waals surface area contributed by atoms with Crippen molar-refractivity contribution < 1.29 is 9.84 Å². The van der Waals surface area contributed by atoms with Crippen LogP contribution < -0.4 is 10.1 Å². The number of para-hydroxylation sites is 1. The van der Waals surface area contributed by atoms with Gasteiger partial charge in [-0.25, -0.2) is 0 Å². The number of nitrogens with one attached hydrogen (secondary N) is 1. The van der Waals surface area contributed by atoms with Crippen LogP contribution in [0.1, 0.15) is 38.3 Å². The zero-order valence-electron chi connectivity index (χ0n) is 10.9. The van der Waals surface area contributed by atoms with Crippen molar-refractivity contribution in [3.63, 3.8) is 0 Å². The molecule has 1 rings (SSSR count). The normalized spacial score (nSPS) is 14.4. The summed E-state index contributed by atoms with van der Waals surface area (Å²) in [5, 5.41) is 12.5. The van der Waals surface area contributed by atoms with Gasteiger partial charge in [-0.1, -0.05) is 25.1 Å². The van der Waals surface area contributed by atoms with Gasteiger partial charge in [0.05, 0.1) is 12.7 Å². The Labute approximate surface area is 104 Å². The van der Waals surface area contributed by atoms with Gasteiger partial charge in [0.2, 0.25) is 0 Å². The molecule has 1 aromatic carbocycles. The van der Waals surface area contributed by atoms with E-state index in [4.69, 9.17) is 4.74 Å². The molecule has 96 valence electrons. The molecule has 1 aromatic rings. The molecule has 0 aromatic heterocycles. The van der Waals surface area contributed by atoms with Gasteiger partial charge in [0.1, 0.15) is 5.75 Å². The predicted molar refractivity (Wildman–Crippen MR) is 70.3 cm³/mol. The average Bonchev–Trinajstić information content (AvgIpc) is 2.32. The summed E-state index contributed by atoms with van der Waals surface area (Å²) in [7, 11) is 1.96. The fourth-order valence-corrected chi connectivity index (χ4v) is 1.82. The van der Waals surface area contributed by atoms with Crippen molar-refractivity contribution in [2.24, 2.45) is 0 Å². The van der Waals surface area contributed by atoms with Crippen LogP contribution in [0.2, 0.25) is 0 Å². The van der Waals surface area contributed by atoms with Gasteiger partial charge in [0.15, 0.2) is 0 Å². The lowest BCUT2D eigenvalue weighted by atomic mass is 10.0. The Morgan fingerprint density at radius 2 is 2.06 bits per heavy atom. The molecule has 2 atom stereocenters. The molecule has 0 aliphatic carbocycles. The Kier molecular flexibility index (Phi) is 6.01. The van der Waals surface area contributed by atoms with E-state index in [-0.39, 0.29) is 6.10 Å². The third kappa shape index (κ3) is 4.36. The maximum absolute atomic E-state index is 9.21. The van der Waals surface area contributed by atoms with Gasteiger partial charge < -0.3 is 15.2 Å². The first-order valence-electron chi connectivity index (χ1n) is 6.26. The van der Waals surface area contributed by atoms with Crippen LogP contribution in [-0.2, 0) is 0 Å². The van der Waals surface area contributed by atoms with Crippen molar-refractivity contribution in [3.8, 4) is 5.75 Å². The highest BCUT2D eigenvalue weighted by Gasteiger charge is 2.12. The number of ether oxygens (including phenoxy) is 1. The number of aliphatic hydroxyl groups is 1. The van der Waals surface area contributed by atoms with Crippen LogP contribution in [-0.4, -0.2) is 24.9 Å². The number of hydrogen-bond donors (Lipinski definition) is 2. The minimum atomic E-state index is -0.312. The van der Waals surface area contributed by atoms with Crippen LogP contribution in [0.25, 0.3) is 0 Å². The summed E-state index contributed by atoms with van der Waals surface area (Å²) in [6.07, 6.45) is 1.37. The van der Waals surface area contributed by atoms with E-state index >= 15 is 0 Å².